The first-order valence-electron chi connectivity index (χ1n) is 7.44. The van der Waals surface area contributed by atoms with Gasteiger partial charge < -0.3 is 14.4 Å². The van der Waals surface area contributed by atoms with Crippen LogP contribution < -0.4 is 14.4 Å². The smallest absolute Gasteiger partial charge is 0.213 e. The van der Waals surface area contributed by atoms with E-state index in [2.05, 4.69) is 19.9 Å². The van der Waals surface area contributed by atoms with Crippen LogP contribution in [-0.2, 0) is 0 Å². The number of aryl methyl sites for hydroxylation is 1. The van der Waals surface area contributed by atoms with Gasteiger partial charge in [0.05, 0.1) is 13.3 Å². The lowest BCUT2D eigenvalue weighted by Gasteiger charge is -2.33. The number of hydrogen-bond donors (Lipinski definition) is 0. The molecule has 0 atom stereocenters. The number of rotatable bonds is 4. The molecular formula is C16H20N4O2. The highest BCUT2D eigenvalue weighted by atomic mass is 16.5. The fraction of sp³-hybridized carbons (Fsp3) is 0.438. The Kier molecular flexibility index (Phi) is 4.37. The second kappa shape index (κ2) is 6.60. The maximum absolute atomic E-state index is 5.99. The molecule has 1 saturated heterocycles. The van der Waals surface area contributed by atoms with Crippen LogP contribution in [-0.4, -0.2) is 41.3 Å². The number of methoxy groups -OCH3 is 1. The summed E-state index contributed by atoms with van der Waals surface area (Å²) < 4.78 is 11.0. The monoisotopic (exact) mass is 300 g/mol. The first-order valence-corrected chi connectivity index (χ1v) is 7.44. The summed E-state index contributed by atoms with van der Waals surface area (Å²) in [5.41, 5.74) is 1.11. The van der Waals surface area contributed by atoms with E-state index in [1.165, 1.54) is 0 Å². The Morgan fingerprint density at radius 3 is 2.59 bits per heavy atom. The zero-order chi connectivity index (χ0) is 15.4. The van der Waals surface area contributed by atoms with Gasteiger partial charge in [0.25, 0.3) is 0 Å². The van der Waals surface area contributed by atoms with Crippen molar-refractivity contribution >= 4 is 5.82 Å². The standard InChI is InChI=1S/C16H20N4O2/c1-12-9-17-11-19-16(12)20-7-5-13(6-8-20)22-14-3-4-15(21-2)18-10-14/h3-4,9-11,13H,5-8H2,1-2H3. The van der Waals surface area contributed by atoms with Crippen molar-refractivity contribution in [3.63, 3.8) is 0 Å². The topological polar surface area (TPSA) is 60.4 Å². The number of hydrogen-bond acceptors (Lipinski definition) is 6. The summed E-state index contributed by atoms with van der Waals surface area (Å²) in [6.07, 6.45) is 7.32. The summed E-state index contributed by atoms with van der Waals surface area (Å²) in [5, 5.41) is 0. The van der Waals surface area contributed by atoms with Crippen molar-refractivity contribution in [2.75, 3.05) is 25.1 Å². The van der Waals surface area contributed by atoms with Gasteiger partial charge in [-0.25, -0.2) is 15.0 Å². The molecule has 0 amide bonds. The number of pyridine rings is 1. The van der Waals surface area contributed by atoms with Crippen molar-refractivity contribution in [1.82, 2.24) is 15.0 Å². The van der Waals surface area contributed by atoms with Crippen molar-refractivity contribution in [1.29, 1.82) is 0 Å². The maximum atomic E-state index is 5.99. The van der Waals surface area contributed by atoms with Gasteiger partial charge in [-0.1, -0.05) is 0 Å². The predicted octanol–water partition coefficient (Wildman–Crippen LogP) is 2.24. The van der Waals surface area contributed by atoms with Crippen LogP contribution in [0.25, 0.3) is 0 Å². The number of nitrogens with zero attached hydrogens (tertiary/aromatic N) is 4. The van der Waals surface area contributed by atoms with Gasteiger partial charge in [0.15, 0.2) is 0 Å². The molecule has 6 heteroatoms. The van der Waals surface area contributed by atoms with Gasteiger partial charge in [-0.3, -0.25) is 0 Å². The van der Waals surface area contributed by atoms with Crippen molar-refractivity contribution in [2.45, 2.75) is 25.9 Å². The Bertz CT molecular complexity index is 610. The molecule has 3 rings (SSSR count). The third-order valence-electron chi connectivity index (χ3n) is 3.83. The lowest BCUT2D eigenvalue weighted by Crippen LogP contribution is -2.39. The zero-order valence-electron chi connectivity index (χ0n) is 12.9. The fourth-order valence-corrected chi connectivity index (χ4v) is 2.66. The molecule has 0 spiro atoms. The van der Waals surface area contributed by atoms with E-state index in [4.69, 9.17) is 9.47 Å². The quantitative estimate of drug-likeness (QED) is 0.863. The number of ether oxygens (including phenoxy) is 2. The average molecular weight is 300 g/mol. The first-order chi connectivity index (χ1) is 10.8. The van der Waals surface area contributed by atoms with Crippen LogP contribution in [0.4, 0.5) is 5.82 Å². The van der Waals surface area contributed by atoms with Gasteiger partial charge in [-0.05, 0) is 13.0 Å². The Morgan fingerprint density at radius 2 is 1.95 bits per heavy atom. The highest BCUT2D eigenvalue weighted by molar-refractivity contribution is 5.44. The molecule has 22 heavy (non-hydrogen) atoms. The summed E-state index contributed by atoms with van der Waals surface area (Å²) in [6, 6.07) is 3.71. The van der Waals surface area contributed by atoms with Gasteiger partial charge in [0.1, 0.15) is 24.0 Å². The molecule has 6 nitrogen and oxygen atoms in total. The van der Waals surface area contributed by atoms with Crippen molar-refractivity contribution < 1.29 is 9.47 Å². The fourth-order valence-electron chi connectivity index (χ4n) is 2.66. The molecule has 3 heterocycles. The van der Waals surface area contributed by atoms with Gasteiger partial charge in [0, 0.05) is 43.8 Å². The average Bonchev–Trinajstić information content (AvgIpc) is 2.57. The predicted molar refractivity (Wildman–Crippen MR) is 83.4 cm³/mol. The Morgan fingerprint density at radius 1 is 1.14 bits per heavy atom. The van der Waals surface area contributed by atoms with Crippen molar-refractivity contribution in [2.24, 2.45) is 0 Å². The summed E-state index contributed by atoms with van der Waals surface area (Å²) in [7, 11) is 1.60. The van der Waals surface area contributed by atoms with Crippen LogP contribution >= 0.6 is 0 Å². The molecule has 116 valence electrons. The van der Waals surface area contributed by atoms with Crippen LogP contribution in [0.1, 0.15) is 18.4 Å². The number of aromatic nitrogens is 3. The molecule has 2 aromatic rings. The van der Waals surface area contributed by atoms with Crippen molar-refractivity contribution in [3.8, 4) is 11.6 Å². The number of anilines is 1. The van der Waals surface area contributed by atoms with E-state index in [0.717, 1.165) is 43.1 Å². The molecule has 1 fully saturated rings. The maximum Gasteiger partial charge on any atom is 0.213 e. The molecular weight excluding hydrogens is 280 g/mol. The Labute approximate surface area is 130 Å². The Balaban J connectivity index is 1.56. The van der Waals surface area contributed by atoms with Gasteiger partial charge in [0.2, 0.25) is 5.88 Å². The second-order valence-corrected chi connectivity index (χ2v) is 5.37. The third kappa shape index (κ3) is 3.27. The van der Waals surface area contributed by atoms with E-state index >= 15 is 0 Å². The van der Waals surface area contributed by atoms with Gasteiger partial charge >= 0.3 is 0 Å². The van der Waals surface area contributed by atoms with Crippen LogP contribution in [0.15, 0.2) is 30.9 Å². The molecule has 0 aromatic carbocycles. The lowest BCUT2D eigenvalue weighted by atomic mass is 10.1. The van der Waals surface area contributed by atoms with E-state index < -0.39 is 0 Å². The molecule has 0 radical (unpaired) electrons. The minimum atomic E-state index is 0.216. The molecule has 0 N–H and O–H groups in total. The van der Waals surface area contributed by atoms with Crippen LogP contribution in [0.3, 0.4) is 0 Å². The zero-order valence-corrected chi connectivity index (χ0v) is 12.9. The van der Waals surface area contributed by atoms with Crippen LogP contribution in [0.2, 0.25) is 0 Å². The molecule has 2 aromatic heterocycles. The van der Waals surface area contributed by atoms with E-state index in [1.807, 2.05) is 25.3 Å². The highest BCUT2D eigenvalue weighted by Crippen LogP contribution is 2.23. The molecule has 0 aliphatic carbocycles. The van der Waals surface area contributed by atoms with Crippen LogP contribution in [0, 0.1) is 6.92 Å². The van der Waals surface area contributed by atoms with E-state index in [1.54, 1.807) is 19.6 Å². The summed E-state index contributed by atoms with van der Waals surface area (Å²) in [6.45, 7) is 3.92. The second-order valence-electron chi connectivity index (χ2n) is 5.37. The Hall–Kier alpha value is -2.37. The SMILES string of the molecule is COc1ccc(OC2CCN(c3ncncc3C)CC2)cn1. The molecule has 1 aliphatic rings. The summed E-state index contributed by atoms with van der Waals surface area (Å²) >= 11 is 0. The number of piperidine rings is 1. The van der Waals surface area contributed by atoms with E-state index in [9.17, 15) is 0 Å². The van der Waals surface area contributed by atoms with Crippen LogP contribution in [0.5, 0.6) is 11.6 Å². The summed E-state index contributed by atoms with van der Waals surface area (Å²) in [4.78, 5) is 14.9. The minimum absolute atomic E-state index is 0.216. The lowest BCUT2D eigenvalue weighted by molar-refractivity contribution is 0.169. The minimum Gasteiger partial charge on any atom is -0.489 e. The third-order valence-corrected chi connectivity index (χ3v) is 3.83. The van der Waals surface area contributed by atoms with E-state index in [0.29, 0.717) is 5.88 Å². The normalized spacial score (nSPS) is 15.6. The van der Waals surface area contributed by atoms with E-state index in [-0.39, 0.29) is 6.10 Å². The van der Waals surface area contributed by atoms with Gasteiger partial charge in [-0.15, -0.1) is 0 Å². The van der Waals surface area contributed by atoms with Gasteiger partial charge in [-0.2, -0.15) is 0 Å². The molecule has 0 saturated carbocycles. The highest BCUT2D eigenvalue weighted by Gasteiger charge is 2.22. The first kappa shape index (κ1) is 14.6. The summed E-state index contributed by atoms with van der Waals surface area (Å²) in [5.74, 6) is 2.42. The molecule has 0 bridgehead atoms. The largest absolute Gasteiger partial charge is 0.489 e. The van der Waals surface area contributed by atoms with Crippen molar-refractivity contribution in [3.05, 3.63) is 36.4 Å². The molecule has 1 aliphatic heterocycles. The molecule has 0 unspecified atom stereocenters.